The van der Waals surface area contributed by atoms with Gasteiger partial charge in [-0.1, -0.05) is 198 Å². The lowest BCUT2D eigenvalue weighted by Gasteiger charge is -2.20. The quantitative estimate of drug-likeness (QED) is 0.0375. The Morgan fingerprint density at radius 1 is 0.490 bits per heavy atom. The van der Waals surface area contributed by atoms with E-state index in [-0.39, 0.29) is 18.9 Å². The minimum atomic E-state index is -0.953. The molecule has 3 unspecified atom stereocenters. The van der Waals surface area contributed by atoms with Gasteiger partial charge in [-0.3, -0.25) is 4.79 Å². The number of hydrogen-bond donors (Lipinski definition) is 4. The molecule has 0 aliphatic rings. The van der Waals surface area contributed by atoms with E-state index < -0.39 is 18.2 Å². The Kier molecular flexibility index (Phi) is 40.2. The van der Waals surface area contributed by atoms with Crippen LogP contribution in [0.5, 0.6) is 0 Å². The zero-order valence-electron chi connectivity index (χ0n) is 34.0. The smallest absolute Gasteiger partial charge is 0.222 e. The molecule has 0 aromatic carbocycles. The van der Waals surface area contributed by atoms with Gasteiger partial charge < -0.3 is 20.6 Å². The zero-order valence-corrected chi connectivity index (χ0v) is 34.0. The summed E-state index contributed by atoms with van der Waals surface area (Å²) in [5, 5.41) is 33.2. The highest BCUT2D eigenvalue weighted by Crippen LogP contribution is 2.15. The molecule has 0 heterocycles. The summed E-state index contributed by atoms with van der Waals surface area (Å²) in [4.78, 5) is 12.4. The Morgan fingerprint density at radius 3 is 1.25 bits per heavy atom. The minimum absolute atomic E-state index is 0.000671. The predicted molar refractivity (Wildman–Crippen MR) is 222 cm³/mol. The molecule has 0 aliphatic carbocycles. The van der Waals surface area contributed by atoms with E-state index in [1.54, 1.807) is 6.08 Å². The number of carbonyl (C=O) groups is 1. The highest BCUT2D eigenvalue weighted by molar-refractivity contribution is 5.76. The maximum atomic E-state index is 12.4. The van der Waals surface area contributed by atoms with Crippen molar-refractivity contribution in [1.29, 1.82) is 0 Å². The van der Waals surface area contributed by atoms with E-state index in [9.17, 15) is 20.1 Å². The molecule has 0 saturated heterocycles. The first-order chi connectivity index (χ1) is 25.0. The largest absolute Gasteiger partial charge is 0.394 e. The molecule has 5 nitrogen and oxygen atoms in total. The topological polar surface area (TPSA) is 89.8 Å². The van der Waals surface area contributed by atoms with Crippen molar-refractivity contribution in [3.8, 4) is 0 Å². The summed E-state index contributed by atoms with van der Waals surface area (Å²) in [7, 11) is 0. The molecule has 0 spiro atoms. The molecule has 4 N–H and O–H groups in total. The van der Waals surface area contributed by atoms with Crippen LogP contribution in [-0.4, -0.2) is 46.1 Å². The first-order valence-corrected chi connectivity index (χ1v) is 22.3. The highest BCUT2D eigenvalue weighted by Gasteiger charge is 2.20. The summed E-state index contributed by atoms with van der Waals surface area (Å²) in [5.41, 5.74) is 0. The third-order valence-electron chi connectivity index (χ3n) is 10.1. The molecule has 3 atom stereocenters. The minimum Gasteiger partial charge on any atom is -0.394 e. The number of aliphatic hydroxyl groups is 3. The zero-order chi connectivity index (χ0) is 37.3. The number of amides is 1. The van der Waals surface area contributed by atoms with E-state index in [0.29, 0.717) is 6.42 Å². The lowest BCUT2D eigenvalue weighted by Crippen LogP contribution is -2.45. The second kappa shape index (κ2) is 41.3. The third kappa shape index (κ3) is 38.1. The van der Waals surface area contributed by atoms with Crippen molar-refractivity contribution in [2.24, 2.45) is 0 Å². The molecule has 1 amide bonds. The fourth-order valence-electron chi connectivity index (χ4n) is 6.70. The molecule has 5 heteroatoms. The van der Waals surface area contributed by atoms with Gasteiger partial charge in [0.15, 0.2) is 0 Å². The van der Waals surface area contributed by atoms with Crippen LogP contribution in [0.25, 0.3) is 0 Å². The average Bonchev–Trinajstić information content (AvgIpc) is 3.12. The molecule has 0 bridgehead atoms. The normalized spacial score (nSPS) is 13.9. The van der Waals surface area contributed by atoms with Crippen LogP contribution in [0.15, 0.2) is 36.5 Å². The molecule has 51 heavy (non-hydrogen) atoms. The van der Waals surface area contributed by atoms with E-state index >= 15 is 0 Å². The van der Waals surface area contributed by atoms with Gasteiger partial charge in [0, 0.05) is 0 Å². The summed E-state index contributed by atoms with van der Waals surface area (Å²) in [5.74, 6) is -0.330. The van der Waals surface area contributed by atoms with Gasteiger partial charge >= 0.3 is 0 Å². The molecule has 0 saturated carbocycles. The number of nitrogens with one attached hydrogen (secondary N) is 1. The van der Waals surface area contributed by atoms with E-state index in [1.165, 1.54) is 154 Å². The molecular weight excluding hydrogens is 631 g/mol. The second-order valence-electron chi connectivity index (χ2n) is 15.3. The second-order valence-corrected chi connectivity index (χ2v) is 15.3. The van der Waals surface area contributed by atoms with E-state index in [0.717, 1.165) is 44.9 Å². The van der Waals surface area contributed by atoms with Gasteiger partial charge in [-0.25, -0.2) is 0 Å². The Balaban J connectivity index is 3.72. The predicted octanol–water partition coefficient (Wildman–Crippen LogP) is 12.8. The van der Waals surface area contributed by atoms with Gasteiger partial charge in [0.2, 0.25) is 5.91 Å². The van der Waals surface area contributed by atoms with Gasteiger partial charge in [-0.15, -0.1) is 0 Å². The first kappa shape index (κ1) is 49.6. The standard InChI is InChI=1S/C46H87NO4/c1-3-5-7-9-11-13-15-17-19-21-23-25-27-29-31-33-35-37-39-43(49)41-46(51)47-44(42-48)45(50)40-38-36-34-32-30-28-26-24-22-20-18-16-14-12-10-8-6-4-2/h23,25,30,32,38,40,43-45,48-50H,3-22,24,26-29,31,33-37,39,41-42H2,1-2H3,(H,47,51)/b25-23-,32-30+,40-38+. The van der Waals surface area contributed by atoms with Crippen LogP contribution in [0.1, 0.15) is 226 Å². The van der Waals surface area contributed by atoms with Gasteiger partial charge in [0.25, 0.3) is 0 Å². The van der Waals surface area contributed by atoms with Crippen molar-refractivity contribution in [1.82, 2.24) is 5.32 Å². The Morgan fingerprint density at radius 2 is 0.843 bits per heavy atom. The number of aliphatic hydroxyl groups excluding tert-OH is 3. The fourth-order valence-corrected chi connectivity index (χ4v) is 6.70. The summed E-state index contributed by atoms with van der Waals surface area (Å²) < 4.78 is 0. The first-order valence-electron chi connectivity index (χ1n) is 22.3. The van der Waals surface area contributed by atoms with Crippen LogP contribution in [0.4, 0.5) is 0 Å². The number of rotatable bonds is 40. The molecule has 0 aromatic rings. The van der Waals surface area contributed by atoms with E-state index in [2.05, 4.69) is 43.5 Å². The van der Waals surface area contributed by atoms with Gasteiger partial charge in [-0.05, 0) is 57.8 Å². The van der Waals surface area contributed by atoms with Crippen molar-refractivity contribution in [2.45, 2.75) is 244 Å². The van der Waals surface area contributed by atoms with E-state index in [1.807, 2.05) is 6.08 Å². The number of carbonyl (C=O) groups excluding carboxylic acids is 1. The molecule has 300 valence electrons. The number of allylic oxidation sites excluding steroid dienone is 5. The summed E-state index contributed by atoms with van der Waals surface area (Å²) in [6.45, 7) is 4.20. The van der Waals surface area contributed by atoms with Gasteiger partial charge in [-0.2, -0.15) is 0 Å². The van der Waals surface area contributed by atoms with Gasteiger partial charge in [0.05, 0.1) is 31.3 Å². The van der Waals surface area contributed by atoms with Crippen molar-refractivity contribution >= 4 is 5.91 Å². The van der Waals surface area contributed by atoms with Gasteiger partial charge in [0.1, 0.15) is 0 Å². The Hall–Kier alpha value is -1.43. The third-order valence-corrected chi connectivity index (χ3v) is 10.1. The van der Waals surface area contributed by atoms with Crippen LogP contribution in [-0.2, 0) is 4.79 Å². The molecule has 0 radical (unpaired) electrons. The monoisotopic (exact) mass is 718 g/mol. The number of unbranched alkanes of at least 4 members (excludes halogenated alkanes) is 27. The van der Waals surface area contributed by atoms with Crippen molar-refractivity contribution in [2.75, 3.05) is 6.61 Å². The maximum absolute atomic E-state index is 12.4. The van der Waals surface area contributed by atoms with Crippen LogP contribution >= 0.6 is 0 Å². The summed E-state index contributed by atoms with van der Waals surface area (Å²) in [6, 6.07) is -0.763. The highest BCUT2D eigenvalue weighted by atomic mass is 16.3. The van der Waals surface area contributed by atoms with Crippen LogP contribution in [0, 0.1) is 0 Å². The van der Waals surface area contributed by atoms with Crippen molar-refractivity contribution in [3.63, 3.8) is 0 Å². The van der Waals surface area contributed by atoms with Crippen LogP contribution in [0.2, 0.25) is 0 Å². The molecule has 0 fully saturated rings. The molecule has 0 aliphatic heterocycles. The van der Waals surface area contributed by atoms with Crippen LogP contribution in [0.3, 0.4) is 0 Å². The summed E-state index contributed by atoms with van der Waals surface area (Å²) >= 11 is 0. The van der Waals surface area contributed by atoms with E-state index in [4.69, 9.17) is 0 Å². The lowest BCUT2D eigenvalue weighted by molar-refractivity contribution is -0.124. The molecule has 0 rings (SSSR count). The lowest BCUT2D eigenvalue weighted by atomic mass is 10.0. The maximum Gasteiger partial charge on any atom is 0.222 e. The average molecular weight is 718 g/mol. The summed E-state index contributed by atoms with van der Waals surface area (Å²) in [6.07, 6.45) is 51.4. The van der Waals surface area contributed by atoms with Crippen molar-refractivity contribution in [3.05, 3.63) is 36.5 Å². The number of hydrogen-bond acceptors (Lipinski definition) is 4. The van der Waals surface area contributed by atoms with Crippen molar-refractivity contribution < 1.29 is 20.1 Å². The molecular formula is C46H87NO4. The Bertz CT molecular complexity index is 794. The molecule has 0 aromatic heterocycles. The fraction of sp³-hybridized carbons (Fsp3) is 0.848. The van der Waals surface area contributed by atoms with Crippen LogP contribution < -0.4 is 5.32 Å². The SMILES string of the molecule is CCCCCCCCCCC/C=C\CCCCCCCC(O)CC(=O)NC(CO)C(O)/C=C/CC/C=C/CCCCCCCCCCCCCC. The Labute approximate surface area is 317 Å².